The quantitative estimate of drug-likeness (QED) is 0.517. The van der Waals surface area contributed by atoms with Crippen LogP contribution in [0.1, 0.15) is 18.9 Å². The second kappa shape index (κ2) is 8.27. The summed E-state index contributed by atoms with van der Waals surface area (Å²) < 4.78 is 62.8. The zero-order valence-electron chi connectivity index (χ0n) is 16.6. The van der Waals surface area contributed by atoms with Crippen LogP contribution in [0.5, 0.6) is 0 Å². The Morgan fingerprint density at radius 1 is 1.32 bits per heavy atom. The van der Waals surface area contributed by atoms with Crippen LogP contribution in [-0.4, -0.2) is 52.6 Å². The van der Waals surface area contributed by atoms with Crippen LogP contribution in [-0.2, 0) is 17.8 Å². The third kappa shape index (κ3) is 4.20. The van der Waals surface area contributed by atoms with E-state index in [1.54, 1.807) is 11.8 Å². The molecule has 0 N–H and O–H groups in total. The van der Waals surface area contributed by atoms with E-state index in [9.17, 15) is 22.4 Å². The number of hydrogen-bond acceptors (Lipinski definition) is 6. The highest BCUT2D eigenvalue weighted by atomic mass is 35.5. The minimum atomic E-state index is -4.57. The lowest BCUT2D eigenvalue weighted by Crippen LogP contribution is -2.53. The van der Waals surface area contributed by atoms with Crippen LogP contribution in [0.25, 0.3) is 0 Å². The van der Waals surface area contributed by atoms with Gasteiger partial charge in [0.05, 0.1) is 19.3 Å². The van der Waals surface area contributed by atoms with E-state index in [-0.39, 0.29) is 42.6 Å². The summed E-state index contributed by atoms with van der Waals surface area (Å²) in [6.07, 6.45) is -3.58. The van der Waals surface area contributed by atoms with Gasteiger partial charge in [-0.2, -0.15) is 22.5 Å². The summed E-state index contributed by atoms with van der Waals surface area (Å²) in [6, 6.07) is 0.810. The summed E-state index contributed by atoms with van der Waals surface area (Å²) in [4.78, 5) is 23.4. The Kier molecular flexibility index (Phi) is 5.82. The van der Waals surface area contributed by atoms with Crippen molar-refractivity contribution in [2.75, 3.05) is 29.6 Å². The second-order valence-corrected chi connectivity index (χ2v) is 7.97. The number of morpholine rings is 1. The van der Waals surface area contributed by atoms with E-state index in [0.717, 1.165) is 9.47 Å². The first kappa shape index (κ1) is 21.8. The normalized spacial score (nSPS) is 21.9. The van der Waals surface area contributed by atoms with E-state index in [2.05, 4.69) is 9.97 Å². The minimum Gasteiger partial charge on any atom is -0.377 e. The van der Waals surface area contributed by atoms with Crippen molar-refractivity contribution in [3.8, 4) is 0 Å². The molecule has 2 atom stereocenters. The van der Waals surface area contributed by atoms with Gasteiger partial charge in [-0.3, -0.25) is 9.36 Å². The molecule has 1 fully saturated rings. The Morgan fingerprint density at radius 3 is 2.77 bits per heavy atom. The number of rotatable bonds is 3. The number of pyridine rings is 1. The zero-order valence-corrected chi connectivity index (χ0v) is 17.3. The Balaban J connectivity index is 1.83. The lowest BCUT2D eigenvalue weighted by atomic mass is 10.1. The largest absolute Gasteiger partial charge is 0.408 e. The fourth-order valence-corrected chi connectivity index (χ4v) is 4.16. The molecule has 0 saturated carbocycles. The molecule has 7 nitrogen and oxygen atoms in total. The average molecular weight is 462 g/mol. The summed E-state index contributed by atoms with van der Waals surface area (Å²) >= 11 is 5.89. The van der Waals surface area contributed by atoms with Crippen LogP contribution in [0.2, 0.25) is 5.15 Å². The van der Waals surface area contributed by atoms with E-state index in [1.165, 1.54) is 18.3 Å². The average Bonchev–Trinajstić information content (AvgIpc) is 2.71. The predicted molar refractivity (Wildman–Crippen MR) is 106 cm³/mol. The van der Waals surface area contributed by atoms with Gasteiger partial charge in [0, 0.05) is 25.8 Å². The number of ether oxygens (including phenoxy) is 1. The third-order valence-corrected chi connectivity index (χ3v) is 5.70. The van der Waals surface area contributed by atoms with Gasteiger partial charge < -0.3 is 14.5 Å². The molecule has 0 spiro atoms. The summed E-state index contributed by atoms with van der Waals surface area (Å²) in [5, 5.41) is 0.130. The van der Waals surface area contributed by atoms with Gasteiger partial charge in [-0.25, -0.2) is 4.98 Å². The maximum atomic E-state index is 14.9. The molecule has 31 heavy (non-hydrogen) atoms. The lowest BCUT2D eigenvalue weighted by molar-refractivity contribution is -0.153. The molecule has 2 aliphatic heterocycles. The molecule has 168 valence electrons. The Labute approximate surface area is 180 Å². The van der Waals surface area contributed by atoms with Gasteiger partial charge in [-0.1, -0.05) is 11.6 Å². The van der Waals surface area contributed by atoms with Crippen molar-refractivity contribution in [2.24, 2.45) is 0 Å². The highest BCUT2D eigenvalue weighted by molar-refractivity contribution is 6.29. The molecular formula is C19H20ClF4N5O2. The number of fused-ring (bicyclic) bond motifs is 1. The fourth-order valence-electron chi connectivity index (χ4n) is 3.97. The maximum Gasteiger partial charge on any atom is 0.408 e. The van der Waals surface area contributed by atoms with Gasteiger partial charge in [0.15, 0.2) is 5.82 Å². The molecule has 12 heteroatoms. The van der Waals surface area contributed by atoms with Gasteiger partial charge >= 0.3 is 6.18 Å². The minimum absolute atomic E-state index is 0.130. The predicted octanol–water partition coefficient (Wildman–Crippen LogP) is 3.00. The molecule has 0 bridgehead atoms. The molecule has 1 saturated heterocycles. The third-order valence-electron chi connectivity index (χ3n) is 5.50. The number of halogens is 5. The van der Waals surface area contributed by atoms with Crippen LogP contribution < -0.4 is 15.4 Å². The van der Waals surface area contributed by atoms with Crippen molar-refractivity contribution >= 4 is 23.4 Å². The van der Waals surface area contributed by atoms with E-state index in [0.29, 0.717) is 18.8 Å². The van der Waals surface area contributed by atoms with E-state index in [4.69, 9.17) is 16.3 Å². The molecule has 2 aromatic rings. The first-order valence-corrected chi connectivity index (χ1v) is 10.1. The van der Waals surface area contributed by atoms with Crippen molar-refractivity contribution in [3.05, 3.63) is 45.2 Å². The first-order valence-electron chi connectivity index (χ1n) is 9.75. The summed E-state index contributed by atoms with van der Waals surface area (Å²) in [5.41, 5.74) is -0.528. The number of hydrogen-bond donors (Lipinski definition) is 0. The van der Waals surface area contributed by atoms with Gasteiger partial charge in [-0.15, -0.1) is 0 Å². The van der Waals surface area contributed by atoms with Crippen molar-refractivity contribution in [1.82, 2.24) is 14.5 Å². The molecule has 2 aliphatic rings. The Morgan fingerprint density at radius 2 is 2.10 bits per heavy atom. The number of nitrogens with zero attached hydrogens (tertiary/aromatic N) is 5. The molecule has 0 radical (unpaired) electrons. The molecule has 0 amide bonds. The SMILES string of the molecule is C[C@@H]1COCCN1c1nc2n(c(=O)c1F)CC[C@@H](C(F)(F)F)N2Cc1ccnc(Cl)c1. The van der Waals surface area contributed by atoms with Crippen LogP contribution in [0.15, 0.2) is 23.1 Å². The standard InChI is InChI=1S/C19H20ClF4N5O2/c1-11-10-31-7-6-27(11)16-15(21)17(30)28-5-3-13(19(22,23)24)29(18(28)26-16)9-12-2-4-25-14(20)8-12/h2,4,8,11,13H,3,5-7,9-10H2,1H3/t11-,13+/m1/s1. The highest BCUT2D eigenvalue weighted by Gasteiger charge is 2.47. The van der Waals surface area contributed by atoms with Crippen LogP contribution in [0.4, 0.5) is 29.3 Å². The second-order valence-electron chi connectivity index (χ2n) is 7.58. The fraction of sp³-hybridized carbons (Fsp3) is 0.526. The van der Waals surface area contributed by atoms with E-state index in [1.807, 2.05) is 0 Å². The van der Waals surface area contributed by atoms with E-state index >= 15 is 0 Å². The zero-order chi connectivity index (χ0) is 22.3. The highest BCUT2D eigenvalue weighted by Crippen LogP contribution is 2.36. The topological polar surface area (TPSA) is 63.5 Å². The van der Waals surface area contributed by atoms with Gasteiger partial charge in [0.1, 0.15) is 11.2 Å². The maximum absolute atomic E-state index is 14.9. The molecule has 4 heterocycles. The lowest BCUT2D eigenvalue weighted by Gasteiger charge is -2.40. The molecule has 2 aromatic heterocycles. The first-order chi connectivity index (χ1) is 14.7. The van der Waals surface area contributed by atoms with Crippen LogP contribution in [0.3, 0.4) is 0 Å². The molecule has 4 rings (SSSR count). The number of alkyl halides is 3. The van der Waals surface area contributed by atoms with Crippen molar-refractivity contribution in [2.45, 2.75) is 44.7 Å². The molecule has 0 unspecified atom stereocenters. The van der Waals surface area contributed by atoms with Gasteiger partial charge in [0.25, 0.3) is 5.56 Å². The van der Waals surface area contributed by atoms with Crippen LogP contribution >= 0.6 is 11.6 Å². The van der Waals surface area contributed by atoms with Crippen molar-refractivity contribution < 1.29 is 22.3 Å². The number of aromatic nitrogens is 3. The summed E-state index contributed by atoms with van der Waals surface area (Å²) in [5.74, 6) is -1.55. The van der Waals surface area contributed by atoms with Crippen LogP contribution in [0, 0.1) is 5.82 Å². The Bertz CT molecular complexity index is 1030. The molecule has 0 aliphatic carbocycles. The smallest absolute Gasteiger partial charge is 0.377 e. The Hall–Kier alpha value is -2.40. The number of anilines is 2. The van der Waals surface area contributed by atoms with E-state index < -0.39 is 30.0 Å². The summed E-state index contributed by atoms with van der Waals surface area (Å²) in [7, 11) is 0. The van der Waals surface area contributed by atoms with Crippen molar-refractivity contribution in [1.29, 1.82) is 0 Å². The molecule has 0 aromatic carbocycles. The summed E-state index contributed by atoms with van der Waals surface area (Å²) in [6.45, 7) is 2.14. The van der Waals surface area contributed by atoms with Crippen molar-refractivity contribution in [3.63, 3.8) is 0 Å². The molecular weight excluding hydrogens is 442 g/mol. The monoisotopic (exact) mass is 461 g/mol. The van der Waals surface area contributed by atoms with Gasteiger partial charge in [-0.05, 0) is 31.0 Å². The van der Waals surface area contributed by atoms with Gasteiger partial charge in [0.2, 0.25) is 11.8 Å².